The maximum absolute atomic E-state index is 12.2. The first-order valence-corrected chi connectivity index (χ1v) is 8.48. The van der Waals surface area contributed by atoms with Crippen LogP contribution in [-0.2, 0) is 9.84 Å². The molecule has 1 N–H and O–H groups in total. The Morgan fingerprint density at radius 3 is 2.40 bits per heavy atom. The predicted molar refractivity (Wildman–Crippen MR) is 78.0 cm³/mol. The van der Waals surface area contributed by atoms with Crippen molar-refractivity contribution < 1.29 is 8.42 Å². The molecular weight excluding hydrogens is 272 g/mol. The Labute approximate surface area is 120 Å². The minimum absolute atomic E-state index is 0.0141. The molecule has 0 heterocycles. The summed E-state index contributed by atoms with van der Waals surface area (Å²) >= 11 is 0. The van der Waals surface area contributed by atoms with Gasteiger partial charge in [0.1, 0.15) is 0 Å². The van der Waals surface area contributed by atoms with E-state index in [1.807, 2.05) is 6.07 Å². The summed E-state index contributed by atoms with van der Waals surface area (Å²) in [5, 5.41) is 12.0. The van der Waals surface area contributed by atoms with Crippen LogP contribution in [0.2, 0.25) is 0 Å². The minimum Gasteiger partial charge on any atom is -0.310 e. The standard InChI is InChI=1S/C15H20N2O2S/c1-15(2,13-5-6-13)17-9-10-20(18,19)14-7-3-12(11-16)4-8-14/h3-4,7-8,13,17H,5-6,9-10H2,1-2H3. The molecule has 1 aliphatic carbocycles. The summed E-state index contributed by atoms with van der Waals surface area (Å²) in [5.41, 5.74) is 0.483. The largest absolute Gasteiger partial charge is 0.310 e. The fraction of sp³-hybridized carbons (Fsp3) is 0.533. The van der Waals surface area contributed by atoms with Crippen LogP contribution in [0.4, 0.5) is 0 Å². The van der Waals surface area contributed by atoms with Crippen LogP contribution in [0.5, 0.6) is 0 Å². The molecule has 0 aromatic heterocycles. The van der Waals surface area contributed by atoms with E-state index in [9.17, 15) is 8.42 Å². The van der Waals surface area contributed by atoms with Gasteiger partial charge in [-0.2, -0.15) is 5.26 Å². The molecule has 1 fully saturated rings. The SMILES string of the molecule is CC(C)(NCCS(=O)(=O)c1ccc(C#N)cc1)C1CC1. The van der Waals surface area contributed by atoms with Gasteiger partial charge in [0.15, 0.2) is 9.84 Å². The molecule has 0 saturated heterocycles. The Kier molecular flexibility index (Phi) is 4.17. The van der Waals surface area contributed by atoms with Crippen molar-refractivity contribution in [2.45, 2.75) is 37.1 Å². The second-order valence-electron chi connectivity index (χ2n) is 5.88. The molecule has 1 saturated carbocycles. The lowest BCUT2D eigenvalue weighted by Gasteiger charge is -2.26. The van der Waals surface area contributed by atoms with Gasteiger partial charge in [-0.05, 0) is 56.9 Å². The summed E-state index contributed by atoms with van der Waals surface area (Å²) in [6.45, 7) is 4.70. The van der Waals surface area contributed by atoms with Crippen LogP contribution in [0.3, 0.4) is 0 Å². The summed E-state index contributed by atoms with van der Waals surface area (Å²) in [4.78, 5) is 0.280. The molecular formula is C15H20N2O2S. The zero-order valence-electron chi connectivity index (χ0n) is 11.9. The number of nitrogens with zero attached hydrogens (tertiary/aromatic N) is 1. The molecule has 0 spiro atoms. The van der Waals surface area contributed by atoms with E-state index < -0.39 is 9.84 Å². The average molecular weight is 292 g/mol. The van der Waals surface area contributed by atoms with Crippen LogP contribution < -0.4 is 5.32 Å². The first-order chi connectivity index (χ1) is 9.35. The van der Waals surface area contributed by atoms with Gasteiger partial charge in [-0.25, -0.2) is 8.42 Å². The molecule has 2 rings (SSSR count). The van der Waals surface area contributed by atoms with Gasteiger partial charge in [0.05, 0.1) is 22.3 Å². The fourth-order valence-corrected chi connectivity index (χ4v) is 3.47. The van der Waals surface area contributed by atoms with Crippen LogP contribution in [0.1, 0.15) is 32.3 Å². The molecule has 0 radical (unpaired) electrons. The second kappa shape index (κ2) is 5.55. The zero-order chi connectivity index (χ0) is 14.8. The number of benzene rings is 1. The van der Waals surface area contributed by atoms with E-state index in [0.717, 1.165) is 0 Å². The number of hydrogen-bond donors (Lipinski definition) is 1. The molecule has 0 atom stereocenters. The lowest BCUT2D eigenvalue weighted by Crippen LogP contribution is -2.43. The molecule has 0 amide bonds. The van der Waals surface area contributed by atoms with Crippen molar-refractivity contribution >= 4 is 9.84 Å². The zero-order valence-corrected chi connectivity index (χ0v) is 12.7. The highest BCUT2D eigenvalue weighted by Crippen LogP contribution is 2.39. The van der Waals surface area contributed by atoms with Gasteiger partial charge in [-0.15, -0.1) is 0 Å². The highest BCUT2D eigenvalue weighted by Gasteiger charge is 2.37. The van der Waals surface area contributed by atoms with Gasteiger partial charge in [-0.1, -0.05) is 0 Å². The number of nitrogens with one attached hydrogen (secondary N) is 1. The highest BCUT2D eigenvalue weighted by atomic mass is 32.2. The van der Waals surface area contributed by atoms with E-state index in [4.69, 9.17) is 5.26 Å². The van der Waals surface area contributed by atoms with E-state index in [1.54, 1.807) is 0 Å². The third-order valence-electron chi connectivity index (χ3n) is 3.89. The molecule has 5 heteroatoms. The Balaban J connectivity index is 1.95. The Morgan fingerprint density at radius 2 is 1.90 bits per heavy atom. The van der Waals surface area contributed by atoms with Gasteiger partial charge < -0.3 is 5.32 Å². The van der Waals surface area contributed by atoms with Crippen LogP contribution in [0.25, 0.3) is 0 Å². The van der Waals surface area contributed by atoms with Crippen LogP contribution in [-0.4, -0.2) is 26.3 Å². The van der Waals surface area contributed by atoms with E-state index in [1.165, 1.54) is 37.1 Å². The second-order valence-corrected chi connectivity index (χ2v) is 7.99. The van der Waals surface area contributed by atoms with E-state index in [0.29, 0.717) is 18.0 Å². The summed E-state index contributed by atoms with van der Waals surface area (Å²) < 4.78 is 24.4. The van der Waals surface area contributed by atoms with Gasteiger partial charge in [-0.3, -0.25) is 0 Å². The first-order valence-electron chi connectivity index (χ1n) is 6.83. The molecule has 4 nitrogen and oxygen atoms in total. The van der Waals surface area contributed by atoms with Crippen molar-refractivity contribution in [1.82, 2.24) is 5.32 Å². The van der Waals surface area contributed by atoms with E-state index in [2.05, 4.69) is 19.2 Å². The normalized spacial score (nSPS) is 15.8. The topological polar surface area (TPSA) is 70.0 Å². The van der Waals surface area contributed by atoms with Crippen molar-refractivity contribution in [1.29, 1.82) is 5.26 Å². The third kappa shape index (κ3) is 3.59. The maximum atomic E-state index is 12.2. The fourth-order valence-electron chi connectivity index (χ4n) is 2.31. The quantitative estimate of drug-likeness (QED) is 0.872. The van der Waals surface area contributed by atoms with E-state index >= 15 is 0 Å². The first kappa shape index (κ1) is 15.0. The molecule has 20 heavy (non-hydrogen) atoms. The molecule has 1 aliphatic rings. The number of rotatable bonds is 6. The van der Waals surface area contributed by atoms with Crippen molar-refractivity contribution in [3.8, 4) is 6.07 Å². The lowest BCUT2D eigenvalue weighted by atomic mass is 9.99. The number of hydrogen-bond acceptors (Lipinski definition) is 4. The average Bonchev–Trinajstić information content (AvgIpc) is 3.23. The van der Waals surface area contributed by atoms with Gasteiger partial charge in [0, 0.05) is 12.1 Å². The summed E-state index contributed by atoms with van der Waals surface area (Å²) in [6.07, 6.45) is 2.45. The smallest absolute Gasteiger partial charge is 0.179 e. The predicted octanol–water partition coefficient (Wildman–Crippen LogP) is 2.11. The molecule has 0 bridgehead atoms. The van der Waals surface area contributed by atoms with E-state index in [-0.39, 0.29) is 16.2 Å². The highest BCUT2D eigenvalue weighted by molar-refractivity contribution is 7.91. The molecule has 0 aliphatic heterocycles. The summed E-state index contributed by atoms with van der Waals surface area (Å²) in [6, 6.07) is 8.05. The number of sulfone groups is 1. The Morgan fingerprint density at radius 1 is 1.30 bits per heavy atom. The number of nitriles is 1. The van der Waals surface area contributed by atoms with Gasteiger partial charge in [0.25, 0.3) is 0 Å². The molecule has 0 unspecified atom stereocenters. The molecule has 1 aromatic carbocycles. The summed E-state index contributed by atoms with van der Waals surface area (Å²) in [7, 11) is -3.28. The van der Waals surface area contributed by atoms with Crippen LogP contribution in [0, 0.1) is 17.2 Å². The van der Waals surface area contributed by atoms with Gasteiger partial charge >= 0.3 is 0 Å². The monoisotopic (exact) mass is 292 g/mol. The Bertz CT molecular complexity index is 608. The molecule has 1 aromatic rings. The van der Waals surface area contributed by atoms with Crippen LogP contribution in [0.15, 0.2) is 29.2 Å². The minimum atomic E-state index is -3.28. The van der Waals surface area contributed by atoms with Crippen molar-refractivity contribution in [2.24, 2.45) is 5.92 Å². The van der Waals surface area contributed by atoms with Crippen LogP contribution >= 0.6 is 0 Å². The third-order valence-corrected chi connectivity index (χ3v) is 5.62. The molecule has 108 valence electrons. The van der Waals surface area contributed by atoms with Crippen molar-refractivity contribution in [2.75, 3.05) is 12.3 Å². The van der Waals surface area contributed by atoms with Crippen molar-refractivity contribution in [3.63, 3.8) is 0 Å². The lowest BCUT2D eigenvalue weighted by molar-refractivity contribution is 0.350. The van der Waals surface area contributed by atoms with Gasteiger partial charge in [0.2, 0.25) is 0 Å². The maximum Gasteiger partial charge on any atom is 0.179 e. The Hall–Kier alpha value is -1.38. The van der Waals surface area contributed by atoms with Crippen molar-refractivity contribution in [3.05, 3.63) is 29.8 Å². The summed E-state index contributed by atoms with van der Waals surface area (Å²) in [5.74, 6) is 0.745.